The van der Waals surface area contributed by atoms with E-state index in [1.54, 1.807) is 0 Å². The van der Waals surface area contributed by atoms with Crippen LogP contribution in [0.4, 0.5) is 33.3 Å². The van der Waals surface area contributed by atoms with E-state index in [9.17, 15) is 35.2 Å². The summed E-state index contributed by atoms with van der Waals surface area (Å²) < 4.78 is 97.9. The minimum atomic E-state index is -4.66. The van der Waals surface area contributed by atoms with Crippen LogP contribution in [0, 0.1) is 11.6 Å². The van der Waals surface area contributed by atoms with Crippen molar-refractivity contribution in [1.82, 2.24) is 0 Å². The second-order valence-electron chi connectivity index (χ2n) is 6.71. The summed E-state index contributed by atoms with van der Waals surface area (Å²) in [6, 6.07) is 9.74. The summed E-state index contributed by atoms with van der Waals surface area (Å²) in [7, 11) is -4.32. The van der Waals surface area contributed by atoms with Crippen LogP contribution in [0.3, 0.4) is 0 Å². The van der Waals surface area contributed by atoms with E-state index in [0.717, 1.165) is 54.6 Å². The van der Waals surface area contributed by atoms with E-state index < -0.39 is 51.6 Å². The molecule has 0 atom stereocenters. The van der Waals surface area contributed by atoms with Crippen molar-refractivity contribution >= 4 is 38.9 Å². The molecule has 0 fully saturated rings. The third-order valence-electron chi connectivity index (χ3n) is 4.24. The Balaban J connectivity index is 1.69. The van der Waals surface area contributed by atoms with Crippen molar-refractivity contribution in [1.29, 1.82) is 0 Å². The van der Waals surface area contributed by atoms with Crippen molar-refractivity contribution in [3.63, 3.8) is 0 Å². The molecule has 180 valence electrons. The Hall–Kier alpha value is -3.38. The second-order valence-corrected chi connectivity index (χ2v) is 8.80. The van der Waals surface area contributed by atoms with Crippen molar-refractivity contribution in [2.45, 2.75) is 11.1 Å². The number of anilines is 2. The molecule has 0 radical (unpaired) electrons. The van der Waals surface area contributed by atoms with Crippen LogP contribution in [0.25, 0.3) is 0 Å². The van der Waals surface area contributed by atoms with E-state index in [4.69, 9.17) is 16.3 Å². The molecule has 0 aromatic heterocycles. The van der Waals surface area contributed by atoms with Gasteiger partial charge in [0.1, 0.15) is 23.1 Å². The van der Waals surface area contributed by atoms with Crippen molar-refractivity contribution in [3.8, 4) is 5.75 Å². The summed E-state index contributed by atoms with van der Waals surface area (Å²) in [5, 5.41) is 1.76. The zero-order valence-electron chi connectivity index (χ0n) is 16.8. The van der Waals surface area contributed by atoms with Crippen LogP contribution >= 0.6 is 11.6 Å². The third-order valence-corrected chi connectivity index (χ3v) is 5.92. The van der Waals surface area contributed by atoms with Crippen molar-refractivity contribution in [3.05, 3.63) is 82.9 Å². The first kappa shape index (κ1) is 25.2. The first-order chi connectivity index (χ1) is 15.9. The van der Waals surface area contributed by atoms with E-state index >= 15 is 0 Å². The molecule has 13 heteroatoms. The van der Waals surface area contributed by atoms with Gasteiger partial charge in [0.25, 0.3) is 15.9 Å². The monoisotopic (exact) mass is 520 g/mol. The quantitative estimate of drug-likeness (QED) is 0.405. The van der Waals surface area contributed by atoms with Gasteiger partial charge >= 0.3 is 6.18 Å². The van der Waals surface area contributed by atoms with Crippen LogP contribution < -0.4 is 14.8 Å². The Bertz CT molecular complexity index is 1310. The first-order valence-electron chi connectivity index (χ1n) is 9.23. The summed E-state index contributed by atoms with van der Waals surface area (Å²) in [5.41, 5.74) is -2.02. The maximum atomic E-state index is 13.6. The third kappa shape index (κ3) is 6.14. The van der Waals surface area contributed by atoms with E-state index in [0.29, 0.717) is 6.07 Å². The van der Waals surface area contributed by atoms with Crippen molar-refractivity contribution in [2.24, 2.45) is 0 Å². The minimum absolute atomic E-state index is 0.121. The van der Waals surface area contributed by atoms with Crippen LogP contribution in [-0.2, 0) is 21.0 Å². The standard InChI is InChI=1S/C21H14ClF5N2O4S/c22-15-10-14(34(31,32)29-13-4-1-3-12(9-13)21(25,26)27)7-8-18(15)33-11-19(30)28-20-16(23)5-2-6-17(20)24/h1-10,29H,11H2,(H,28,30). The molecular formula is C21H14ClF5N2O4S. The molecule has 2 N–H and O–H groups in total. The number of hydrogen-bond acceptors (Lipinski definition) is 4. The van der Waals surface area contributed by atoms with E-state index in [1.165, 1.54) is 0 Å². The average molecular weight is 521 g/mol. The lowest BCUT2D eigenvalue weighted by Crippen LogP contribution is -2.21. The Kier molecular flexibility index (Phi) is 7.32. The van der Waals surface area contributed by atoms with E-state index in [-0.39, 0.29) is 21.4 Å². The van der Waals surface area contributed by atoms with Gasteiger partial charge in [0.2, 0.25) is 0 Å². The number of para-hydroxylation sites is 1. The normalized spacial score (nSPS) is 11.7. The summed E-state index contributed by atoms with van der Waals surface area (Å²) in [6.07, 6.45) is -4.66. The molecule has 0 aliphatic heterocycles. The molecule has 3 aromatic carbocycles. The summed E-state index contributed by atoms with van der Waals surface area (Å²) in [6.45, 7) is -0.706. The number of sulfonamides is 1. The molecule has 0 unspecified atom stereocenters. The van der Waals surface area contributed by atoms with Crippen molar-refractivity contribution < 1.29 is 39.9 Å². The maximum absolute atomic E-state index is 13.6. The summed E-state index contributed by atoms with van der Waals surface area (Å²) >= 11 is 6.00. The number of carbonyl (C=O) groups is 1. The highest BCUT2D eigenvalue weighted by molar-refractivity contribution is 7.92. The van der Waals surface area contributed by atoms with Gasteiger partial charge in [0.05, 0.1) is 15.5 Å². The lowest BCUT2D eigenvalue weighted by molar-refractivity contribution is -0.137. The smallest absolute Gasteiger partial charge is 0.416 e. The van der Waals surface area contributed by atoms with Gasteiger partial charge in [-0.05, 0) is 48.5 Å². The van der Waals surface area contributed by atoms with Crippen molar-refractivity contribution in [2.75, 3.05) is 16.6 Å². The molecule has 0 bridgehead atoms. The lowest BCUT2D eigenvalue weighted by Gasteiger charge is -2.13. The predicted molar refractivity (Wildman–Crippen MR) is 114 cm³/mol. The summed E-state index contributed by atoms with van der Waals surface area (Å²) in [4.78, 5) is 11.5. The molecule has 3 aromatic rings. The van der Waals surface area contributed by atoms with Gasteiger partial charge in [-0.15, -0.1) is 0 Å². The maximum Gasteiger partial charge on any atom is 0.416 e. The second kappa shape index (κ2) is 9.85. The average Bonchev–Trinajstić information content (AvgIpc) is 2.75. The molecule has 1 amide bonds. The van der Waals surface area contributed by atoms with Crippen LogP contribution in [0.2, 0.25) is 5.02 Å². The van der Waals surface area contributed by atoms with Crippen LogP contribution in [0.15, 0.2) is 65.6 Å². The zero-order valence-corrected chi connectivity index (χ0v) is 18.4. The fourth-order valence-corrected chi connectivity index (χ4v) is 4.05. The zero-order chi connectivity index (χ0) is 25.1. The Morgan fingerprint density at radius 3 is 2.24 bits per heavy atom. The molecule has 34 heavy (non-hydrogen) atoms. The summed E-state index contributed by atoms with van der Waals surface area (Å²) in [5.74, 6) is -3.02. The number of carbonyl (C=O) groups excluding carboxylic acids is 1. The fraction of sp³-hybridized carbons (Fsp3) is 0.0952. The van der Waals surface area contributed by atoms with Gasteiger partial charge in [0.15, 0.2) is 6.61 Å². The number of alkyl halides is 3. The predicted octanol–water partition coefficient (Wildman–Crippen LogP) is 5.46. The number of rotatable bonds is 7. The highest BCUT2D eigenvalue weighted by Gasteiger charge is 2.30. The van der Waals surface area contributed by atoms with E-state index in [1.807, 2.05) is 10.0 Å². The largest absolute Gasteiger partial charge is 0.482 e. The SMILES string of the molecule is O=C(COc1ccc(S(=O)(=O)Nc2cccc(C(F)(F)F)c2)cc1Cl)Nc1c(F)cccc1F. The minimum Gasteiger partial charge on any atom is -0.482 e. The highest BCUT2D eigenvalue weighted by Crippen LogP contribution is 2.32. The molecule has 0 spiro atoms. The molecule has 0 aliphatic carbocycles. The molecule has 0 saturated heterocycles. The molecule has 3 rings (SSSR count). The van der Waals surface area contributed by atoms with Gasteiger partial charge in [0, 0.05) is 5.69 Å². The van der Waals surface area contributed by atoms with E-state index in [2.05, 4.69) is 0 Å². The van der Waals surface area contributed by atoms with Gasteiger partial charge in [-0.25, -0.2) is 17.2 Å². The number of ether oxygens (including phenoxy) is 1. The number of benzene rings is 3. The molecule has 0 aliphatic rings. The molecule has 0 saturated carbocycles. The number of halogens is 6. The fourth-order valence-electron chi connectivity index (χ4n) is 2.67. The molecule has 6 nitrogen and oxygen atoms in total. The molecular weight excluding hydrogens is 507 g/mol. The van der Waals surface area contributed by atoms with Crippen LogP contribution in [0.1, 0.15) is 5.56 Å². The van der Waals surface area contributed by atoms with Gasteiger partial charge < -0.3 is 10.1 Å². The van der Waals surface area contributed by atoms with Gasteiger partial charge in [-0.2, -0.15) is 13.2 Å². The van der Waals surface area contributed by atoms with Crippen LogP contribution in [-0.4, -0.2) is 20.9 Å². The Morgan fingerprint density at radius 1 is 0.971 bits per heavy atom. The van der Waals surface area contributed by atoms with Gasteiger partial charge in [-0.1, -0.05) is 23.7 Å². The lowest BCUT2D eigenvalue weighted by atomic mass is 10.2. The Morgan fingerprint density at radius 2 is 1.62 bits per heavy atom. The first-order valence-corrected chi connectivity index (χ1v) is 11.1. The number of amides is 1. The van der Waals surface area contributed by atoms with Crippen LogP contribution in [0.5, 0.6) is 5.75 Å². The van der Waals surface area contributed by atoms with Gasteiger partial charge in [-0.3, -0.25) is 9.52 Å². The topological polar surface area (TPSA) is 84.5 Å². The number of nitrogens with one attached hydrogen (secondary N) is 2. The highest BCUT2D eigenvalue weighted by atomic mass is 35.5. The molecule has 0 heterocycles. The number of hydrogen-bond donors (Lipinski definition) is 2. The Labute approximate surface area is 195 Å².